The van der Waals surface area contributed by atoms with Crippen molar-refractivity contribution in [2.24, 2.45) is 0 Å². The van der Waals surface area contributed by atoms with E-state index in [4.69, 9.17) is 4.84 Å². The molecule has 0 spiro atoms. The summed E-state index contributed by atoms with van der Waals surface area (Å²) in [5.74, 6) is -0.0884. The van der Waals surface area contributed by atoms with Gasteiger partial charge in [0.2, 0.25) is 0 Å². The first kappa shape index (κ1) is 11.1. The Kier molecular flexibility index (Phi) is 3.43. The zero-order valence-electron chi connectivity index (χ0n) is 7.87. The highest BCUT2D eigenvalue weighted by molar-refractivity contribution is 9.11. The third-order valence-corrected chi connectivity index (χ3v) is 3.00. The maximum Gasteiger partial charge on any atom is 0.277 e. The number of nitrogens with zero attached hydrogens (tertiary/aromatic N) is 1. The average molecular weight is 335 g/mol. The van der Waals surface area contributed by atoms with E-state index in [2.05, 4.69) is 31.9 Å². The second-order valence-electron chi connectivity index (χ2n) is 3.25. The predicted molar refractivity (Wildman–Crippen MR) is 63.4 cm³/mol. The van der Waals surface area contributed by atoms with Crippen LogP contribution in [0.15, 0.2) is 27.1 Å². The van der Waals surface area contributed by atoms with Crippen LogP contribution in [0.5, 0.6) is 0 Å². The predicted octanol–water partition coefficient (Wildman–Crippen LogP) is 2.99. The van der Waals surface area contributed by atoms with Crippen molar-refractivity contribution in [3.63, 3.8) is 0 Å². The fourth-order valence-electron chi connectivity index (χ4n) is 1.43. The van der Waals surface area contributed by atoms with Crippen LogP contribution in [0.2, 0.25) is 0 Å². The second-order valence-corrected chi connectivity index (χ2v) is 5.08. The van der Waals surface area contributed by atoms with Gasteiger partial charge in [0, 0.05) is 14.5 Å². The minimum atomic E-state index is -0.0884. The molecule has 2 rings (SSSR count). The smallest absolute Gasteiger partial charge is 0.271 e. The summed E-state index contributed by atoms with van der Waals surface area (Å²) >= 11 is 6.70. The standard InChI is InChI=1S/C10H9Br2NO2/c11-8-4-7(5-9(12)6-8)10(14)13-2-1-3-15-13/h4-6H,1-3H2. The van der Waals surface area contributed by atoms with Gasteiger partial charge >= 0.3 is 0 Å². The van der Waals surface area contributed by atoms with Gasteiger partial charge in [0.15, 0.2) is 0 Å². The van der Waals surface area contributed by atoms with E-state index in [1.807, 2.05) is 6.07 Å². The molecule has 80 valence electrons. The number of rotatable bonds is 1. The van der Waals surface area contributed by atoms with Crippen LogP contribution in [-0.4, -0.2) is 24.1 Å². The van der Waals surface area contributed by atoms with E-state index in [-0.39, 0.29) is 5.91 Å². The Morgan fingerprint density at radius 3 is 2.47 bits per heavy atom. The number of benzene rings is 1. The van der Waals surface area contributed by atoms with Gasteiger partial charge in [-0.25, -0.2) is 5.06 Å². The Morgan fingerprint density at radius 1 is 1.27 bits per heavy atom. The average Bonchev–Trinajstić information content (AvgIpc) is 2.67. The van der Waals surface area contributed by atoms with Crippen LogP contribution in [0.25, 0.3) is 0 Å². The van der Waals surface area contributed by atoms with Crippen molar-refractivity contribution in [2.75, 3.05) is 13.2 Å². The fraction of sp³-hybridized carbons (Fsp3) is 0.300. The lowest BCUT2D eigenvalue weighted by Gasteiger charge is -2.14. The van der Waals surface area contributed by atoms with Gasteiger partial charge in [-0.05, 0) is 24.6 Å². The summed E-state index contributed by atoms with van der Waals surface area (Å²) in [6.07, 6.45) is 0.904. The maximum atomic E-state index is 11.9. The Bertz CT molecular complexity index is 369. The van der Waals surface area contributed by atoms with Crippen LogP contribution >= 0.6 is 31.9 Å². The van der Waals surface area contributed by atoms with Crippen LogP contribution in [0.1, 0.15) is 16.8 Å². The molecule has 1 amide bonds. The number of hydroxylamine groups is 2. The number of carbonyl (C=O) groups is 1. The Hall–Kier alpha value is -0.390. The number of hydrogen-bond donors (Lipinski definition) is 0. The maximum absolute atomic E-state index is 11.9. The lowest BCUT2D eigenvalue weighted by Crippen LogP contribution is -2.26. The number of carbonyl (C=O) groups excluding carboxylic acids is 1. The molecule has 5 heteroatoms. The van der Waals surface area contributed by atoms with Gasteiger partial charge < -0.3 is 0 Å². The zero-order valence-corrected chi connectivity index (χ0v) is 11.0. The molecular formula is C10H9Br2NO2. The van der Waals surface area contributed by atoms with E-state index in [0.29, 0.717) is 18.7 Å². The molecule has 1 fully saturated rings. The summed E-state index contributed by atoms with van der Waals surface area (Å²) in [6, 6.07) is 5.46. The number of halogens is 2. The molecule has 0 N–H and O–H groups in total. The molecule has 1 saturated heterocycles. The van der Waals surface area contributed by atoms with E-state index in [9.17, 15) is 4.79 Å². The molecule has 1 aliphatic rings. The van der Waals surface area contributed by atoms with Crippen LogP contribution in [0, 0.1) is 0 Å². The first-order valence-electron chi connectivity index (χ1n) is 4.58. The monoisotopic (exact) mass is 333 g/mol. The summed E-state index contributed by atoms with van der Waals surface area (Å²) in [5, 5.41) is 1.41. The lowest BCUT2D eigenvalue weighted by atomic mass is 10.2. The largest absolute Gasteiger partial charge is 0.277 e. The van der Waals surface area contributed by atoms with Crippen LogP contribution in [-0.2, 0) is 4.84 Å². The first-order valence-corrected chi connectivity index (χ1v) is 6.16. The molecule has 1 aromatic carbocycles. The minimum absolute atomic E-state index is 0.0884. The molecular weight excluding hydrogens is 326 g/mol. The van der Waals surface area contributed by atoms with E-state index < -0.39 is 0 Å². The summed E-state index contributed by atoms with van der Waals surface area (Å²) in [6.45, 7) is 1.30. The van der Waals surface area contributed by atoms with E-state index >= 15 is 0 Å². The molecule has 1 heterocycles. The molecule has 3 nitrogen and oxygen atoms in total. The van der Waals surface area contributed by atoms with Crippen LogP contribution in [0.3, 0.4) is 0 Å². The molecule has 0 atom stereocenters. The molecule has 15 heavy (non-hydrogen) atoms. The molecule has 1 aliphatic heterocycles. The Morgan fingerprint density at radius 2 is 1.93 bits per heavy atom. The van der Waals surface area contributed by atoms with Gasteiger partial charge in [0.05, 0.1) is 13.2 Å². The summed E-state index contributed by atoms with van der Waals surface area (Å²) in [5.41, 5.74) is 0.623. The second kappa shape index (κ2) is 4.63. The van der Waals surface area contributed by atoms with Gasteiger partial charge in [-0.1, -0.05) is 31.9 Å². The topological polar surface area (TPSA) is 29.5 Å². The quantitative estimate of drug-likeness (QED) is 0.790. The lowest BCUT2D eigenvalue weighted by molar-refractivity contribution is -0.0768. The molecule has 0 bridgehead atoms. The number of hydrogen-bond acceptors (Lipinski definition) is 2. The van der Waals surface area contributed by atoms with Crippen molar-refractivity contribution in [2.45, 2.75) is 6.42 Å². The number of amides is 1. The van der Waals surface area contributed by atoms with Gasteiger partial charge in [0.1, 0.15) is 0 Å². The summed E-state index contributed by atoms with van der Waals surface area (Å²) in [4.78, 5) is 17.1. The minimum Gasteiger partial charge on any atom is -0.271 e. The molecule has 0 aromatic heterocycles. The fourth-order valence-corrected chi connectivity index (χ4v) is 2.72. The van der Waals surface area contributed by atoms with Crippen LogP contribution in [0.4, 0.5) is 0 Å². The zero-order chi connectivity index (χ0) is 10.8. The Labute approximate surface area is 105 Å². The summed E-state index contributed by atoms with van der Waals surface area (Å²) in [7, 11) is 0. The van der Waals surface area contributed by atoms with E-state index in [1.165, 1.54) is 5.06 Å². The first-order chi connectivity index (χ1) is 7.16. The van der Waals surface area contributed by atoms with Crippen molar-refractivity contribution >= 4 is 37.8 Å². The van der Waals surface area contributed by atoms with Gasteiger partial charge in [0.25, 0.3) is 5.91 Å². The third-order valence-electron chi connectivity index (χ3n) is 2.09. The highest BCUT2D eigenvalue weighted by atomic mass is 79.9. The molecule has 0 unspecified atom stereocenters. The van der Waals surface area contributed by atoms with Crippen molar-refractivity contribution in [1.29, 1.82) is 0 Å². The Balaban J connectivity index is 2.24. The molecule has 0 saturated carbocycles. The summed E-state index contributed by atoms with van der Waals surface area (Å²) < 4.78 is 1.75. The third kappa shape index (κ3) is 2.59. The van der Waals surface area contributed by atoms with Crippen LogP contribution < -0.4 is 0 Å². The normalized spacial score (nSPS) is 15.7. The van der Waals surface area contributed by atoms with Crippen molar-refractivity contribution < 1.29 is 9.63 Å². The van der Waals surface area contributed by atoms with Gasteiger partial charge in [-0.3, -0.25) is 9.63 Å². The van der Waals surface area contributed by atoms with Crippen molar-refractivity contribution in [1.82, 2.24) is 5.06 Å². The van der Waals surface area contributed by atoms with E-state index in [1.54, 1.807) is 12.1 Å². The van der Waals surface area contributed by atoms with Crippen molar-refractivity contribution in [3.8, 4) is 0 Å². The van der Waals surface area contributed by atoms with E-state index in [0.717, 1.165) is 15.4 Å². The van der Waals surface area contributed by atoms with Gasteiger partial charge in [-0.15, -0.1) is 0 Å². The van der Waals surface area contributed by atoms with Gasteiger partial charge in [-0.2, -0.15) is 0 Å². The molecule has 1 aromatic rings. The highest BCUT2D eigenvalue weighted by Crippen LogP contribution is 2.22. The molecule has 0 aliphatic carbocycles. The molecule has 0 radical (unpaired) electrons. The SMILES string of the molecule is O=C(c1cc(Br)cc(Br)c1)N1CCCO1. The van der Waals surface area contributed by atoms with Crippen molar-refractivity contribution in [3.05, 3.63) is 32.7 Å². The highest BCUT2D eigenvalue weighted by Gasteiger charge is 2.21.